The standard InChI is InChI=1S/C15H19F3N2O4/c1-4-9(2)13(14(23)24-3)19-11(21)8-20-7-10(15(16,17)18)5-6-12(20)22/h5-7,9,13H,4,8H2,1-3H3,(H,19,21)/t9-,13-/m0/s1. The number of alkyl halides is 3. The molecule has 6 nitrogen and oxygen atoms in total. The first kappa shape index (κ1) is 19.7. The number of nitrogens with zero attached hydrogens (tertiary/aromatic N) is 1. The van der Waals surface area contributed by atoms with Gasteiger partial charge in [-0.15, -0.1) is 0 Å². The van der Waals surface area contributed by atoms with Crippen molar-refractivity contribution in [3.63, 3.8) is 0 Å². The molecule has 1 aromatic rings. The maximum Gasteiger partial charge on any atom is 0.417 e. The molecule has 1 N–H and O–H groups in total. The van der Waals surface area contributed by atoms with Crippen LogP contribution in [0.2, 0.25) is 0 Å². The van der Waals surface area contributed by atoms with Crippen LogP contribution in [0.1, 0.15) is 25.8 Å². The summed E-state index contributed by atoms with van der Waals surface area (Å²) in [4.78, 5) is 35.3. The summed E-state index contributed by atoms with van der Waals surface area (Å²) in [5, 5.41) is 2.40. The van der Waals surface area contributed by atoms with Gasteiger partial charge in [-0.1, -0.05) is 20.3 Å². The van der Waals surface area contributed by atoms with Crippen LogP contribution in [0.25, 0.3) is 0 Å². The second-order valence-corrected chi connectivity index (χ2v) is 5.34. The van der Waals surface area contributed by atoms with Crippen molar-refractivity contribution >= 4 is 11.9 Å². The lowest BCUT2D eigenvalue weighted by Gasteiger charge is -2.22. The Hall–Kier alpha value is -2.32. The number of hydrogen-bond donors (Lipinski definition) is 1. The van der Waals surface area contributed by atoms with Crippen molar-refractivity contribution in [2.24, 2.45) is 5.92 Å². The Morgan fingerprint density at radius 3 is 2.46 bits per heavy atom. The summed E-state index contributed by atoms with van der Waals surface area (Å²) in [6, 6.07) is 0.449. The third-order valence-electron chi connectivity index (χ3n) is 3.61. The first-order chi connectivity index (χ1) is 11.1. The van der Waals surface area contributed by atoms with Gasteiger partial charge < -0.3 is 14.6 Å². The largest absolute Gasteiger partial charge is 0.467 e. The number of halogens is 3. The Balaban J connectivity index is 2.94. The van der Waals surface area contributed by atoms with Crippen LogP contribution in [-0.2, 0) is 27.0 Å². The van der Waals surface area contributed by atoms with Crippen molar-refractivity contribution in [3.8, 4) is 0 Å². The van der Waals surface area contributed by atoms with Gasteiger partial charge in [0.1, 0.15) is 12.6 Å². The Morgan fingerprint density at radius 2 is 1.96 bits per heavy atom. The van der Waals surface area contributed by atoms with Crippen LogP contribution in [-0.4, -0.2) is 29.6 Å². The minimum absolute atomic E-state index is 0.236. The fraction of sp³-hybridized carbons (Fsp3) is 0.533. The second-order valence-electron chi connectivity index (χ2n) is 5.34. The van der Waals surface area contributed by atoms with Gasteiger partial charge >= 0.3 is 12.1 Å². The molecule has 0 saturated carbocycles. The normalized spacial score (nSPS) is 13.9. The first-order valence-corrected chi connectivity index (χ1v) is 7.25. The predicted octanol–water partition coefficient (Wildman–Crippen LogP) is 1.57. The van der Waals surface area contributed by atoms with E-state index < -0.39 is 41.8 Å². The summed E-state index contributed by atoms with van der Waals surface area (Å²) in [5.41, 5.74) is -1.79. The summed E-state index contributed by atoms with van der Waals surface area (Å²) in [6.07, 6.45) is -3.49. The van der Waals surface area contributed by atoms with Crippen molar-refractivity contribution < 1.29 is 27.5 Å². The molecule has 1 amide bonds. The SMILES string of the molecule is CC[C@H](C)[C@H](NC(=O)Cn1cc(C(F)(F)F)ccc1=O)C(=O)OC. The Kier molecular flexibility index (Phi) is 6.56. The molecule has 0 aromatic carbocycles. The summed E-state index contributed by atoms with van der Waals surface area (Å²) >= 11 is 0. The molecular weight excluding hydrogens is 329 g/mol. The molecular formula is C15H19F3N2O4. The predicted molar refractivity (Wildman–Crippen MR) is 79.1 cm³/mol. The number of carbonyl (C=O) groups excluding carboxylic acids is 2. The van der Waals surface area contributed by atoms with Gasteiger partial charge in [0.25, 0.3) is 5.56 Å². The minimum Gasteiger partial charge on any atom is -0.467 e. The summed E-state index contributed by atoms with van der Waals surface area (Å²) in [5.74, 6) is -1.65. The Bertz CT molecular complexity index is 655. The highest BCUT2D eigenvalue weighted by Gasteiger charge is 2.31. The summed E-state index contributed by atoms with van der Waals surface area (Å²) in [6.45, 7) is 2.90. The molecule has 0 fully saturated rings. The number of hydrogen-bond acceptors (Lipinski definition) is 4. The number of ether oxygens (including phenoxy) is 1. The zero-order valence-corrected chi connectivity index (χ0v) is 13.5. The number of methoxy groups -OCH3 is 1. The van der Waals surface area contributed by atoms with E-state index in [0.29, 0.717) is 23.3 Å². The number of carbonyl (C=O) groups is 2. The van der Waals surface area contributed by atoms with Gasteiger partial charge in [0, 0.05) is 12.3 Å². The van der Waals surface area contributed by atoms with Crippen LogP contribution in [0.5, 0.6) is 0 Å². The zero-order chi connectivity index (χ0) is 18.5. The summed E-state index contributed by atoms with van der Waals surface area (Å²) < 4.78 is 43.3. The fourth-order valence-electron chi connectivity index (χ4n) is 1.99. The zero-order valence-electron chi connectivity index (χ0n) is 13.5. The Morgan fingerprint density at radius 1 is 1.33 bits per heavy atom. The van der Waals surface area contributed by atoms with Crippen LogP contribution in [0.15, 0.2) is 23.1 Å². The highest BCUT2D eigenvalue weighted by Crippen LogP contribution is 2.27. The monoisotopic (exact) mass is 348 g/mol. The van der Waals surface area contributed by atoms with Crippen molar-refractivity contribution in [1.29, 1.82) is 0 Å². The second kappa shape index (κ2) is 7.98. The fourth-order valence-corrected chi connectivity index (χ4v) is 1.99. The van der Waals surface area contributed by atoms with Gasteiger partial charge in [-0.25, -0.2) is 4.79 Å². The van der Waals surface area contributed by atoms with Gasteiger partial charge in [-0.05, 0) is 12.0 Å². The van der Waals surface area contributed by atoms with Gasteiger partial charge in [0.05, 0.1) is 12.7 Å². The van der Waals surface area contributed by atoms with Gasteiger partial charge in [0.15, 0.2) is 0 Å². The maximum atomic E-state index is 12.7. The molecule has 0 aliphatic heterocycles. The summed E-state index contributed by atoms with van der Waals surface area (Å²) in [7, 11) is 1.17. The number of rotatable bonds is 6. The molecule has 0 aliphatic carbocycles. The average molecular weight is 348 g/mol. The number of amides is 1. The van der Waals surface area contributed by atoms with E-state index in [2.05, 4.69) is 10.1 Å². The van der Waals surface area contributed by atoms with Crippen LogP contribution in [0, 0.1) is 5.92 Å². The molecule has 0 radical (unpaired) electrons. The Labute approximate surface area is 136 Å². The van der Waals surface area contributed by atoms with Gasteiger partial charge in [0.2, 0.25) is 5.91 Å². The molecule has 0 spiro atoms. The molecule has 134 valence electrons. The van der Waals surface area contributed by atoms with Crippen molar-refractivity contribution in [1.82, 2.24) is 9.88 Å². The van der Waals surface area contributed by atoms with E-state index in [0.717, 1.165) is 6.07 Å². The van der Waals surface area contributed by atoms with Gasteiger partial charge in [-0.3, -0.25) is 9.59 Å². The van der Waals surface area contributed by atoms with Gasteiger partial charge in [-0.2, -0.15) is 13.2 Å². The minimum atomic E-state index is -4.63. The lowest BCUT2D eigenvalue weighted by atomic mass is 9.99. The van der Waals surface area contributed by atoms with Crippen molar-refractivity contribution in [2.75, 3.05) is 7.11 Å². The molecule has 9 heteroatoms. The van der Waals surface area contributed by atoms with Crippen LogP contribution in [0.3, 0.4) is 0 Å². The van der Waals surface area contributed by atoms with E-state index in [1.54, 1.807) is 6.92 Å². The van der Waals surface area contributed by atoms with E-state index in [9.17, 15) is 27.6 Å². The topological polar surface area (TPSA) is 77.4 Å². The van der Waals surface area contributed by atoms with E-state index in [1.807, 2.05) is 6.92 Å². The van der Waals surface area contributed by atoms with Crippen LogP contribution >= 0.6 is 0 Å². The maximum absolute atomic E-state index is 12.7. The number of pyridine rings is 1. The van der Waals surface area contributed by atoms with E-state index >= 15 is 0 Å². The van der Waals surface area contributed by atoms with E-state index in [-0.39, 0.29) is 5.92 Å². The number of aromatic nitrogens is 1. The molecule has 2 atom stereocenters. The van der Waals surface area contributed by atoms with Crippen LogP contribution in [0.4, 0.5) is 13.2 Å². The molecule has 0 aliphatic rings. The third-order valence-corrected chi connectivity index (χ3v) is 3.61. The van der Waals surface area contributed by atoms with Crippen molar-refractivity contribution in [2.45, 2.75) is 39.0 Å². The molecule has 0 unspecified atom stereocenters. The lowest BCUT2D eigenvalue weighted by molar-refractivity contribution is -0.146. The van der Waals surface area contributed by atoms with Crippen LogP contribution < -0.4 is 10.9 Å². The number of esters is 1. The quantitative estimate of drug-likeness (QED) is 0.792. The third kappa shape index (κ3) is 5.10. The average Bonchev–Trinajstić information content (AvgIpc) is 2.52. The van der Waals surface area contributed by atoms with E-state index in [4.69, 9.17) is 0 Å². The first-order valence-electron chi connectivity index (χ1n) is 7.25. The van der Waals surface area contributed by atoms with Crippen molar-refractivity contribution in [3.05, 3.63) is 34.2 Å². The molecule has 1 heterocycles. The number of nitrogens with one attached hydrogen (secondary N) is 1. The molecule has 24 heavy (non-hydrogen) atoms. The molecule has 1 rings (SSSR count). The highest BCUT2D eigenvalue weighted by molar-refractivity contribution is 5.84. The lowest BCUT2D eigenvalue weighted by Crippen LogP contribution is -2.47. The highest BCUT2D eigenvalue weighted by atomic mass is 19.4. The molecule has 1 aromatic heterocycles. The molecule has 0 saturated heterocycles. The van der Waals surface area contributed by atoms with E-state index in [1.165, 1.54) is 7.11 Å². The molecule has 0 bridgehead atoms. The smallest absolute Gasteiger partial charge is 0.417 e.